The van der Waals surface area contributed by atoms with Crippen molar-refractivity contribution in [2.24, 2.45) is 0 Å². The third-order valence-corrected chi connectivity index (χ3v) is 4.21. The molecule has 6 heteroatoms. The number of fused-ring (bicyclic) bond motifs is 1. The molecule has 0 aliphatic carbocycles. The zero-order valence-corrected chi connectivity index (χ0v) is 13.7. The van der Waals surface area contributed by atoms with E-state index in [0.717, 1.165) is 37.0 Å². The number of aromatic nitrogens is 4. The Hall–Kier alpha value is -1.95. The molecule has 6 nitrogen and oxygen atoms in total. The van der Waals surface area contributed by atoms with E-state index in [2.05, 4.69) is 45.4 Å². The number of ether oxygens (including phenoxy) is 1. The minimum Gasteiger partial charge on any atom is -0.481 e. The van der Waals surface area contributed by atoms with Gasteiger partial charge in [-0.1, -0.05) is 19.9 Å². The summed E-state index contributed by atoms with van der Waals surface area (Å²) in [6.45, 7) is 9.21. The first kappa shape index (κ1) is 15.0. The van der Waals surface area contributed by atoms with Crippen LogP contribution in [0.2, 0.25) is 0 Å². The molecule has 0 N–H and O–H groups in total. The lowest BCUT2D eigenvalue weighted by Crippen LogP contribution is -2.37. The number of hydrogen-bond acceptors (Lipinski definition) is 5. The number of hydrogen-bond donors (Lipinski definition) is 0. The molecule has 3 rings (SSSR count). The maximum atomic E-state index is 5.20. The predicted octanol–water partition coefficient (Wildman–Crippen LogP) is 2.38. The lowest BCUT2D eigenvalue weighted by molar-refractivity contribution is 0.152. The highest BCUT2D eigenvalue weighted by Gasteiger charge is 2.28. The van der Waals surface area contributed by atoms with Crippen molar-refractivity contribution < 1.29 is 4.74 Å². The van der Waals surface area contributed by atoms with Crippen LogP contribution >= 0.6 is 0 Å². The van der Waals surface area contributed by atoms with Gasteiger partial charge in [0.1, 0.15) is 11.6 Å². The number of nitrogens with zero attached hydrogens (tertiary/aromatic N) is 5. The zero-order valence-electron chi connectivity index (χ0n) is 13.7. The van der Waals surface area contributed by atoms with Crippen LogP contribution in [0.4, 0.5) is 0 Å². The maximum Gasteiger partial charge on any atom is 0.213 e. The van der Waals surface area contributed by atoms with Gasteiger partial charge in [-0.15, -0.1) is 10.2 Å². The molecule has 2 aromatic rings. The summed E-state index contributed by atoms with van der Waals surface area (Å²) in [7, 11) is 1.64. The average molecular weight is 301 g/mol. The summed E-state index contributed by atoms with van der Waals surface area (Å²) >= 11 is 0. The highest BCUT2D eigenvalue weighted by Crippen LogP contribution is 2.27. The Morgan fingerprint density at radius 2 is 2.09 bits per heavy atom. The van der Waals surface area contributed by atoms with Crippen molar-refractivity contribution in [2.75, 3.05) is 13.7 Å². The third kappa shape index (κ3) is 2.70. The molecule has 0 amide bonds. The van der Waals surface area contributed by atoms with Gasteiger partial charge < -0.3 is 9.30 Å². The summed E-state index contributed by atoms with van der Waals surface area (Å²) in [6.07, 6.45) is 0. The molecule has 0 spiro atoms. The summed E-state index contributed by atoms with van der Waals surface area (Å²) < 4.78 is 7.47. The van der Waals surface area contributed by atoms with Gasteiger partial charge in [0.2, 0.25) is 5.88 Å². The second kappa shape index (κ2) is 6.04. The van der Waals surface area contributed by atoms with E-state index in [9.17, 15) is 0 Å². The van der Waals surface area contributed by atoms with E-state index in [1.165, 1.54) is 0 Å². The van der Waals surface area contributed by atoms with Crippen molar-refractivity contribution in [1.29, 1.82) is 0 Å². The van der Waals surface area contributed by atoms with Crippen LogP contribution in [-0.2, 0) is 13.1 Å². The molecular formula is C16H23N5O. The first-order valence-electron chi connectivity index (χ1n) is 7.77. The first-order chi connectivity index (χ1) is 10.6. The molecule has 1 atom stereocenters. The fourth-order valence-corrected chi connectivity index (χ4v) is 2.96. The molecule has 1 aliphatic heterocycles. The Morgan fingerprint density at radius 1 is 1.27 bits per heavy atom. The Morgan fingerprint density at radius 3 is 2.82 bits per heavy atom. The van der Waals surface area contributed by atoms with Gasteiger partial charge >= 0.3 is 0 Å². The van der Waals surface area contributed by atoms with E-state index in [0.29, 0.717) is 11.8 Å². The molecule has 1 aliphatic rings. The topological polar surface area (TPSA) is 56.1 Å². The van der Waals surface area contributed by atoms with Gasteiger partial charge in [0.05, 0.1) is 18.8 Å². The molecule has 0 fully saturated rings. The van der Waals surface area contributed by atoms with Crippen LogP contribution in [0.1, 0.15) is 50.1 Å². The highest BCUT2D eigenvalue weighted by atomic mass is 16.5. The van der Waals surface area contributed by atoms with Gasteiger partial charge in [-0.2, -0.15) is 0 Å². The molecule has 0 saturated heterocycles. The van der Waals surface area contributed by atoms with E-state index in [-0.39, 0.29) is 6.04 Å². The van der Waals surface area contributed by atoms with Crippen molar-refractivity contribution in [3.63, 3.8) is 0 Å². The highest BCUT2D eigenvalue weighted by molar-refractivity contribution is 5.16. The largest absolute Gasteiger partial charge is 0.481 e. The SMILES string of the molecule is COc1cccc(CN2CCn3c(C(C)C)nnc3C2C)n1. The Kier molecular flexibility index (Phi) is 4.11. The first-order valence-corrected chi connectivity index (χ1v) is 7.77. The van der Waals surface area contributed by atoms with Crippen LogP contribution in [0.5, 0.6) is 5.88 Å². The molecule has 0 radical (unpaired) electrons. The Bertz CT molecular complexity index is 652. The lowest BCUT2D eigenvalue weighted by atomic mass is 10.1. The smallest absolute Gasteiger partial charge is 0.213 e. The molecule has 22 heavy (non-hydrogen) atoms. The van der Waals surface area contributed by atoms with Crippen LogP contribution in [0, 0.1) is 0 Å². The van der Waals surface area contributed by atoms with Crippen LogP contribution in [0.15, 0.2) is 18.2 Å². The molecule has 0 saturated carbocycles. The monoisotopic (exact) mass is 301 g/mol. The normalized spacial score (nSPS) is 18.5. The number of methoxy groups -OCH3 is 1. The average Bonchev–Trinajstić information content (AvgIpc) is 2.95. The van der Waals surface area contributed by atoms with Crippen molar-refractivity contribution in [2.45, 2.75) is 45.8 Å². The predicted molar refractivity (Wildman–Crippen MR) is 83.7 cm³/mol. The van der Waals surface area contributed by atoms with E-state index in [4.69, 9.17) is 4.74 Å². The van der Waals surface area contributed by atoms with Crippen molar-refractivity contribution in [1.82, 2.24) is 24.6 Å². The Labute approximate surface area is 131 Å². The standard InChI is InChI=1S/C16H23N5O/c1-11(2)15-18-19-16-12(3)20(8-9-21(15)16)10-13-6-5-7-14(17-13)22-4/h5-7,11-12H,8-10H2,1-4H3. The summed E-state index contributed by atoms with van der Waals surface area (Å²) in [6, 6.07) is 6.12. The molecule has 0 bridgehead atoms. The third-order valence-electron chi connectivity index (χ3n) is 4.21. The van der Waals surface area contributed by atoms with Crippen molar-refractivity contribution in [3.8, 4) is 5.88 Å². The van der Waals surface area contributed by atoms with Crippen molar-refractivity contribution in [3.05, 3.63) is 35.5 Å². The summed E-state index contributed by atoms with van der Waals surface area (Å²) in [4.78, 5) is 6.89. The van der Waals surface area contributed by atoms with Gasteiger partial charge in [0, 0.05) is 31.6 Å². The van der Waals surface area contributed by atoms with E-state index >= 15 is 0 Å². The second-order valence-corrected chi connectivity index (χ2v) is 6.04. The minimum atomic E-state index is 0.238. The summed E-state index contributed by atoms with van der Waals surface area (Å²) in [5.41, 5.74) is 1.02. The molecular weight excluding hydrogens is 278 g/mol. The van der Waals surface area contributed by atoms with Gasteiger partial charge in [0.15, 0.2) is 0 Å². The van der Waals surface area contributed by atoms with Crippen LogP contribution in [0.3, 0.4) is 0 Å². The van der Waals surface area contributed by atoms with E-state index in [1.807, 2.05) is 18.2 Å². The van der Waals surface area contributed by atoms with E-state index in [1.54, 1.807) is 7.11 Å². The maximum absolute atomic E-state index is 5.20. The molecule has 1 unspecified atom stereocenters. The second-order valence-electron chi connectivity index (χ2n) is 6.04. The Balaban J connectivity index is 1.79. The fraction of sp³-hybridized carbons (Fsp3) is 0.562. The minimum absolute atomic E-state index is 0.238. The van der Waals surface area contributed by atoms with Crippen LogP contribution in [-0.4, -0.2) is 38.3 Å². The number of rotatable bonds is 4. The van der Waals surface area contributed by atoms with E-state index < -0.39 is 0 Å². The van der Waals surface area contributed by atoms with Gasteiger partial charge in [-0.3, -0.25) is 4.90 Å². The van der Waals surface area contributed by atoms with Gasteiger partial charge in [-0.25, -0.2) is 4.98 Å². The molecule has 0 aromatic carbocycles. The fourth-order valence-electron chi connectivity index (χ4n) is 2.96. The molecule has 3 heterocycles. The van der Waals surface area contributed by atoms with Crippen LogP contribution in [0.25, 0.3) is 0 Å². The summed E-state index contributed by atoms with van der Waals surface area (Å²) in [5, 5.41) is 8.78. The zero-order chi connectivity index (χ0) is 15.7. The summed E-state index contributed by atoms with van der Waals surface area (Å²) in [5.74, 6) is 3.20. The molecule has 118 valence electrons. The quantitative estimate of drug-likeness (QED) is 0.868. The number of pyridine rings is 1. The van der Waals surface area contributed by atoms with Crippen molar-refractivity contribution >= 4 is 0 Å². The van der Waals surface area contributed by atoms with Crippen LogP contribution < -0.4 is 4.74 Å². The van der Waals surface area contributed by atoms with Gasteiger partial charge in [-0.05, 0) is 13.0 Å². The van der Waals surface area contributed by atoms with Gasteiger partial charge in [0.25, 0.3) is 0 Å². The molecule has 2 aromatic heterocycles. The lowest BCUT2D eigenvalue weighted by Gasteiger charge is -2.33.